The predicted molar refractivity (Wildman–Crippen MR) is 114 cm³/mol. The number of rotatable bonds is 6. The molecule has 1 N–H and O–H groups in total. The van der Waals surface area contributed by atoms with Gasteiger partial charge in [-0.25, -0.2) is 4.39 Å². The van der Waals surface area contributed by atoms with Gasteiger partial charge in [0.1, 0.15) is 5.82 Å². The maximum absolute atomic E-state index is 13.6. The van der Waals surface area contributed by atoms with Crippen LogP contribution in [0.15, 0.2) is 48.5 Å². The lowest BCUT2D eigenvalue weighted by Gasteiger charge is -2.71. The molecular formula is C25H29FN2O2. The van der Waals surface area contributed by atoms with Crippen molar-refractivity contribution in [3.05, 3.63) is 59.9 Å². The largest absolute Gasteiger partial charge is 0.395 e. The zero-order chi connectivity index (χ0) is 20.9. The number of aliphatic hydroxyl groups is 1. The molecule has 2 aromatic rings. The van der Waals surface area contributed by atoms with E-state index in [2.05, 4.69) is 17.0 Å². The SMILES string of the molecule is CCC(=O)N1CC2(C1)[C@@H](c1ccc(-c3cccc(F)c3)cc1)[C@@H](CO)N2CC1CC1. The van der Waals surface area contributed by atoms with Crippen LogP contribution in [0.2, 0.25) is 0 Å². The molecular weight excluding hydrogens is 379 g/mol. The Labute approximate surface area is 177 Å². The molecule has 4 nitrogen and oxygen atoms in total. The van der Waals surface area contributed by atoms with Crippen molar-refractivity contribution >= 4 is 5.91 Å². The molecule has 1 aliphatic carbocycles. The molecule has 1 spiro atoms. The smallest absolute Gasteiger partial charge is 0.222 e. The third-order valence-electron chi connectivity index (χ3n) is 7.29. The van der Waals surface area contributed by atoms with Crippen LogP contribution in [0.4, 0.5) is 4.39 Å². The van der Waals surface area contributed by atoms with Crippen LogP contribution in [0, 0.1) is 11.7 Å². The molecule has 1 amide bonds. The van der Waals surface area contributed by atoms with Gasteiger partial charge in [-0.05, 0) is 47.6 Å². The molecule has 5 heteroatoms. The van der Waals surface area contributed by atoms with Gasteiger partial charge in [0, 0.05) is 38.0 Å². The number of benzene rings is 2. The average Bonchev–Trinajstić information content (AvgIpc) is 3.54. The van der Waals surface area contributed by atoms with Crippen LogP contribution in [-0.2, 0) is 4.79 Å². The first-order chi connectivity index (χ1) is 14.6. The molecule has 0 radical (unpaired) electrons. The van der Waals surface area contributed by atoms with Crippen LogP contribution in [0.3, 0.4) is 0 Å². The Morgan fingerprint density at radius 1 is 1.13 bits per heavy atom. The summed E-state index contributed by atoms with van der Waals surface area (Å²) in [7, 11) is 0. The molecule has 1 saturated carbocycles. The molecule has 0 unspecified atom stereocenters. The summed E-state index contributed by atoms with van der Waals surface area (Å²) >= 11 is 0. The number of carbonyl (C=O) groups excluding carboxylic acids is 1. The van der Waals surface area contributed by atoms with Crippen LogP contribution in [0.5, 0.6) is 0 Å². The number of halogens is 1. The topological polar surface area (TPSA) is 43.8 Å². The number of aliphatic hydroxyl groups excluding tert-OH is 1. The van der Waals surface area contributed by atoms with Crippen LogP contribution in [0.25, 0.3) is 11.1 Å². The Morgan fingerprint density at radius 3 is 2.47 bits per heavy atom. The van der Waals surface area contributed by atoms with Crippen molar-refractivity contribution in [1.29, 1.82) is 0 Å². The van der Waals surface area contributed by atoms with E-state index in [1.807, 2.05) is 30.0 Å². The maximum atomic E-state index is 13.6. The summed E-state index contributed by atoms with van der Waals surface area (Å²) in [6.07, 6.45) is 3.08. The standard InChI is InChI=1S/C25H29FN2O2/c1-2-23(30)27-15-25(16-27)24(22(14-29)28(25)13-17-6-7-17)19-10-8-18(9-11-19)20-4-3-5-21(26)12-20/h3-5,8-12,17,22,24,29H,2,6-7,13-16H2,1H3/t22-,24+/m1/s1. The highest BCUT2D eigenvalue weighted by Crippen LogP contribution is 2.55. The van der Waals surface area contributed by atoms with Crippen molar-refractivity contribution in [1.82, 2.24) is 9.80 Å². The quantitative estimate of drug-likeness (QED) is 0.794. The normalized spacial score (nSPS) is 25.1. The lowest BCUT2D eigenvalue weighted by molar-refractivity contribution is -0.197. The first kappa shape index (κ1) is 19.7. The Kier molecular flexibility index (Phi) is 4.91. The number of amides is 1. The average molecular weight is 409 g/mol. The molecule has 0 bridgehead atoms. The summed E-state index contributed by atoms with van der Waals surface area (Å²) in [5.74, 6) is 0.923. The van der Waals surface area contributed by atoms with Gasteiger partial charge in [0.15, 0.2) is 0 Å². The molecule has 3 aliphatic rings. The van der Waals surface area contributed by atoms with Crippen molar-refractivity contribution in [2.75, 3.05) is 26.2 Å². The number of likely N-dealkylation sites (tertiary alicyclic amines) is 2. The van der Waals surface area contributed by atoms with Crippen LogP contribution < -0.4 is 0 Å². The van der Waals surface area contributed by atoms with Gasteiger partial charge >= 0.3 is 0 Å². The summed E-state index contributed by atoms with van der Waals surface area (Å²) in [4.78, 5) is 16.7. The van der Waals surface area contributed by atoms with E-state index in [4.69, 9.17) is 0 Å². The van der Waals surface area contributed by atoms with Crippen molar-refractivity contribution in [3.8, 4) is 11.1 Å². The number of nitrogens with zero attached hydrogens (tertiary/aromatic N) is 2. The van der Waals surface area contributed by atoms with Crippen molar-refractivity contribution in [2.45, 2.75) is 43.7 Å². The van der Waals surface area contributed by atoms with Gasteiger partial charge in [0.05, 0.1) is 12.1 Å². The first-order valence-corrected chi connectivity index (χ1v) is 11.1. The van der Waals surface area contributed by atoms with Crippen LogP contribution >= 0.6 is 0 Å². The maximum Gasteiger partial charge on any atom is 0.222 e. The van der Waals surface area contributed by atoms with Gasteiger partial charge in [-0.2, -0.15) is 0 Å². The van der Waals surface area contributed by atoms with Crippen LogP contribution in [0.1, 0.15) is 37.7 Å². The molecule has 2 saturated heterocycles. The molecule has 2 aromatic carbocycles. The minimum Gasteiger partial charge on any atom is -0.395 e. The second-order valence-corrected chi connectivity index (χ2v) is 9.16. The summed E-state index contributed by atoms with van der Waals surface area (Å²) in [5.41, 5.74) is 2.99. The highest BCUT2D eigenvalue weighted by molar-refractivity contribution is 5.77. The minimum absolute atomic E-state index is 0.0544. The monoisotopic (exact) mass is 408 g/mol. The van der Waals surface area contributed by atoms with Gasteiger partial charge in [0.2, 0.25) is 5.91 Å². The summed E-state index contributed by atoms with van der Waals surface area (Å²) in [6, 6.07) is 15.1. The van der Waals surface area contributed by atoms with E-state index in [1.54, 1.807) is 12.1 Å². The van der Waals surface area contributed by atoms with E-state index in [0.29, 0.717) is 6.42 Å². The Hall–Kier alpha value is -2.24. The second kappa shape index (κ2) is 7.47. The molecule has 2 aliphatic heterocycles. The lowest BCUT2D eigenvalue weighted by Crippen LogP contribution is -2.85. The van der Waals surface area contributed by atoms with E-state index < -0.39 is 0 Å². The highest BCUT2D eigenvalue weighted by Gasteiger charge is 2.66. The van der Waals surface area contributed by atoms with E-state index in [0.717, 1.165) is 36.7 Å². The summed E-state index contributed by atoms with van der Waals surface area (Å²) in [5, 5.41) is 10.2. The lowest BCUT2D eigenvalue weighted by atomic mass is 9.60. The molecule has 2 atom stereocenters. The van der Waals surface area contributed by atoms with Crippen molar-refractivity contribution < 1.29 is 14.3 Å². The first-order valence-electron chi connectivity index (χ1n) is 11.1. The Bertz CT molecular complexity index is 934. The molecule has 30 heavy (non-hydrogen) atoms. The van der Waals surface area contributed by atoms with Crippen molar-refractivity contribution in [3.63, 3.8) is 0 Å². The third kappa shape index (κ3) is 3.15. The molecule has 158 valence electrons. The van der Waals surface area contributed by atoms with E-state index in [-0.39, 0.29) is 35.8 Å². The molecule has 2 heterocycles. The second-order valence-electron chi connectivity index (χ2n) is 9.16. The number of hydrogen-bond donors (Lipinski definition) is 1. The molecule has 3 fully saturated rings. The van der Waals surface area contributed by atoms with E-state index in [1.165, 1.54) is 24.5 Å². The minimum atomic E-state index is -0.235. The number of carbonyl (C=O) groups is 1. The summed E-state index contributed by atoms with van der Waals surface area (Å²) < 4.78 is 13.6. The van der Waals surface area contributed by atoms with Crippen LogP contribution in [-0.4, -0.2) is 58.6 Å². The van der Waals surface area contributed by atoms with Gasteiger partial charge in [-0.15, -0.1) is 0 Å². The van der Waals surface area contributed by atoms with Gasteiger partial charge in [0.25, 0.3) is 0 Å². The van der Waals surface area contributed by atoms with E-state index >= 15 is 0 Å². The van der Waals surface area contributed by atoms with Gasteiger partial charge < -0.3 is 10.0 Å². The predicted octanol–water partition coefficient (Wildman–Crippen LogP) is 3.65. The Morgan fingerprint density at radius 2 is 1.87 bits per heavy atom. The van der Waals surface area contributed by atoms with Gasteiger partial charge in [-0.1, -0.05) is 43.3 Å². The third-order valence-corrected chi connectivity index (χ3v) is 7.29. The Balaban J connectivity index is 1.41. The highest BCUT2D eigenvalue weighted by atomic mass is 19.1. The summed E-state index contributed by atoms with van der Waals surface area (Å²) in [6.45, 7) is 4.57. The fourth-order valence-corrected chi connectivity index (χ4v) is 5.54. The van der Waals surface area contributed by atoms with E-state index in [9.17, 15) is 14.3 Å². The zero-order valence-electron chi connectivity index (χ0n) is 17.4. The molecule has 0 aromatic heterocycles. The number of hydrogen-bond acceptors (Lipinski definition) is 3. The fourth-order valence-electron chi connectivity index (χ4n) is 5.54. The zero-order valence-corrected chi connectivity index (χ0v) is 17.4. The molecule has 5 rings (SSSR count). The van der Waals surface area contributed by atoms with Crippen molar-refractivity contribution in [2.24, 2.45) is 5.92 Å². The van der Waals surface area contributed by atoms with Gasteiger partial charge in [-0.3, -0.25) is 9.69 Å². The fraction of sp³-hybridized carbons (Fsp3) is 0.480.